The summed E-state index contributed by atoms with van der Waals surface area (Å²) >= 11 is 2.00. The van der Waals surface area contributed by atoms with E-state index >= 15 is 0 Å². The van der Waals surface area contributed by atoms with E-state index in [1.54, 1.807) is 0 Å². The lowest BCUT2D eigenvalue weighted by atomic mass is 9.56. The molecule has 4 aliphatic carbocycles. The number of hydrogen-bond acceptors (Lipinski definition) is 3. The molecule has 4 heteroatoms. The predicted octanol–water partition coefficient (Wildman–Crippen LogP) is 2.51. The molecule has 0 aromatic heterocycles. The van der Waals surface area contributed by atoms with E-state index in [1.165, 1.54) is 38.5 Å². The van der Waals surface area contributed by atoms with Gasteiger partial charge in [-0.3, -0.25) is 4.79 Å². The first-order chi connectivity index (χ1) is 10.1. The molecule has 5 rings (SSSR count). The molecule has 3 nitrogen and oxygen atoms in total. The summed E-state index contributed by atoms with van der Waals surface area (Å²) in [5.41, 5.74) is 0. The maximum absolute atomic E-state index is 12.2. The summed E-state index contributed by atoms with van der Waals surface area (Å²) in [5, 5.41) is 3.24. The molecule has 1 atom stereocenters. The highest BCUT2D eigenvalue weighted by atomic mass is 32.2. The number of rotatable bonds is 4. The summed E-state index contributed by atoms with van der Waals surface area (Å²) < 4.78 is 0.471. The summed E-state index contributed by atoms with van der Waals surface area (Å²) in [7, 11) is 2.14. The molecule has 0 aromatic rings. The molecule has 5 aliphatic rings. The van der Waals surface area contributed by atoms with Gasteiger partial charge >= 0.3 is 0 Å². The van der Waals surface area contributed by atoms with Gasteiger partial charge in [-0.1, -0.05) is 0 Å². The van der Waals surface area contributed by atoms with E-state index in [9.17, 15) is 4.79 Å². The lowest BCUT2D eigenvalue weighted by Gasteiger charge is -2.56. The normalized spacial score (nSPS) is 45.2. The summed E-state index contributed by atoms with van der Waals surface area (Å²) in [6, 6.07) is 0.388. The van der Waals surface area contributed by atoms with Crippen LogP contribution in [0.1, 0.15) is 44.9 Å². The molecule has 5 fully saturated rings. The second kappa shape index (κ2) is 5.45. The number of thioether (sulfide) groups is 1. The van der Waals surface area contributed by atoms with Gasteiger partial charge in [0.15, 0.2) is 0 Å². The van der Waals surface area contributed by atoms with Crippen LogP contribution in [0.15, 0.2) is 0 Å². The minimum Gasteiger partial charge on any atom is -0.351 e. The van der Waals surface area contributed by atoms with Crippen LogP contribution in [0.4, 0.5) is 0 Å². The predicted molar refractivity (Wildman–Crippen MR) is 87.4 cm³/mol. The van der Waals surface area contributed by atoms with Crippen LogP contribution in [0.5, 0.6) is 0 Å². The van der Waals surface area contributed by atoms with Crippen LogP contribution in [0, 0.1) is 17.8 Å². The van der Waals surface area contributed by atoms with Crippen molar-refractivity contribution in [2.75, 3.05) is 25.9 Å². The zero-order chi connectivity index (χ0) is 14.4. The van der Waals surface area contributed by atoms with E-state index in [0.29, 0.717) is 16.5 Å². The Morgan fingerprint density at radius 2 is 1.81 bits per heavy atom. The molecule has 4 saturated carbocycles. The molecule has 0 spiro atoms. The smallest absolute Gasteiger partial charge is 0.230 e. The van der Waals surface area contributed by atoms with Gasteiger partial charge in [0.25, 0.3) is 0 Å². The molecule has 1 amide bonds. The highest BCUT2D eigenvalue weighted by Crippen LogP contribution is 2.60. The SMILES string of the molecule is CN1CCC(NC(=O)CSC23CC4CC(CC(C4)C2)C3)C1. The van der Waals surface area contributed by atoms with Crippen molar-refractivity contribution in [2.45, 2.75) is 55.7 Å². The number of carbonyl (C=O) groups is 1. The number of amides is 1. The number of carbonyl (C=O) groups excluding carboxylic acids is 1. The van der Waals surface area contributed by atoms with Crippen molar-refractivity contribution in [2.24, 2.45) is 17.8 Å². The molecule has 1 saturated heterocycles. The maximum atomic E-state index is 12.2. The van der Waals surface area contributed by atoms with Crippen molar-refractivity contribution in [3.8, 4) is 0 Å². The van der Waals surface area contributed by atoms with Gasteiger partial charge in [-0.05, 0) is 76.3 Å². The Labute approximate surface area is 132 Å². The third-order valence-corrected chi connectivity index (χ3v) is 7.77. The summed E-state index contributed by atoms with van der Waals surface area (Å²) in [6.07, 6.45) is 9.75. The summed E-state index contributed by atoms with van der Waals surface area (Å²) in [5.74, 6) is 3.91. The Balaban J connectivity index is 1.29. The van der Waals surface area contributed by atoms with Crippen LogP contribution < -0.4 is 5.32 Å². The molecule has 1 N–H and O–H groups in total. The van der Waals surface area contributed by atoms with Crippen LogP contribution in [-0.4, -0.2) is 47.5 Å². The van der Waals surface area contributed by atoms with E-state index in [2.05, 4.69) is 17.3 Å². The largest absolute Gasteiger partial charge is 0.351 e. The van der Waals surface area contributed by atoms with E-state index in [1.807, 2.05) is 11.8 Å². The minimum absolute atomic E-state index is 0.274. The Morgan fingerprint density at radius 1 is 1.19 bits per heavy atom. The number of likely N-dealkylation sites (tertiary alicyclic amines) is 1. The number of nitrogens with one attached hydrogen (secondary N) is 1. The van der Waals surface area contributed by atoms with Crippen molar-refractivity contribution < 1.29 is 4.79 Å². The van der Waals surface area contributed by atoms with Crippen LogP contribution in [0.25, 0.3) is 0 Å². The molecule has 1 heterocycles. The topological polar surface area (TPSA) is 32.3 Å². The van der Waals surface area contributed by atoms with Crippen LogP contribution >= 0.6 is 11.8 Å². The molecule has 118 valence electrons. The van der Waals surface area contributed by atoms with Gasteiger partial charge in [0.05, 0.1) is 5.75 Å². The Hall–Kier alpha value is -0.220. The number of likely N-dealkylation sites (N-methyl/N-ethyl adjacent to an activating group) is 1. The van der Waals surface area contributed by atoms with E-state index in [-0.39, 0.29) is 5.91 Å². The Kier molecular flexibility index (Phi) is 3.73. The number of hydrogen-bond donors (Lipinski definition) is 1. The molecular formula is C17H28N2OS. The Bertz CT molecular complexity index is 390. The lowest BCUT2D eigenvalue weighted by molar-refractivity contribution is -0.119. The third-order valence-electron chi connectivity index (χ3n) is 6.25. The molecule has 1 aliphatic heterocycles. The van der Waals surface area contributed by atoms with Gasteiger partial charge in [-0.2, -0.15) is 0 Å². The van der Waals surface area contributed by atoms with Crippen molar-refractivity contribution in [3.63, 3.8) is 0 Å². The zero-order valence-electron chi connectivity index (χ0n) is 13.1. The van der Waals surface area contributed by atoms with Crippen molar-refractivity contribution >= 4 is 17.7 Å². The minimum atomic E-state index is 0.274. The fourth-order valence-electron chi connectivity index (χ4n) is 5.75. The summed E-state index contributed by atoms with van der Waals surface area (Å²) in [6.45, 7) is 2.14. The third kappa shape index (κ3) is 2.98. The van der Waals surface area contributed by atoms with Gasteiger partial charge in [0, 0.05) is 17.3 Å². The van der Waals surface area contributed by atoms with E-state index in [0.717, 1.165) is 37.3 Å². The molecule has 4 bridgehead atoms. The van der Waals surface area contributed by atoms with Gasteiger partial charge in [-0.25, -0.2) is 0 Å². The van der Waals surface area contributed by atoms with Crippen LogP contribution in [0.3, 0.4) is 0 Å². The second-order valence-electron chi connectivity index (χ2n) is 8.20. The average molecular weight is 308 g/mol. The quantitative estimate of drug-likeness (QED) is 0.866. The van der Waals surface area contributed by atoms with E-state index < -0.39 is 0 Å². The highest BCUT2D eigenvalue weighted by Gasteiger charge is 2.51. The highest BCUT2D eigenvalue weighted by molar-refractivity contribution is 8.01. The molecule has 1 unspecified atom stereocenters. The first kappa shape index (κ1) is 14.4. The standard InChI is InChI=1S/C17H28N2OS/c1-19-3-2-15(10-19)18-16(20)11-21-17-7-12-4-13(8-17)6-14(5-12)9-17/h12-15H,2-11H2,1H3,(H,18,20). The first-order valence-corrected chi connectivity index (χ1v) is 9.71. The van der Waals surface area contributed by atoms with Crippen molar-refractivity contribution in [1.29, 1.82) is 0 Å². The van der Waals surface area contributed by atoms with Crippen LogP contribution in [-0.2, 0) is 4.79 Å². The fourth-order valence-corrected chi connectivity index (χ4v) is 7.33. The van der Waals surface area contributed by atoms with Gasteiger partial charge in [0.2, 0.25) is 5.91 Å². The van der Waals surface area contributed by atoms with Gasteiger partial charge in [0.1, 0.15) is 0 Å². The maximum Gasteiger partial charge on any atom is 0.230 e. The average Bonchev–Trinajstić information content (AvgIpc) is 2.80. The fraction of sp³-hybridized carbons (Fsp3) is 0.941. The van der Waals surface area contributed by atoms with E-state index in [4.69, 9.17) is 0 Å². The molecule has 0 radical (unpaired) electrons. The van der Waals surface area contributed by atoms with Crippen molar-refractivity contribution in [3.05, 3.63) is 0 Å². The molecule has 0 aromatic carbocycles. The molecule has 21 heavy (non-hydrogen) atoms. The van der Waals surface area contributed by atoms with Crippen molar-refractivity contribution in [1.82, 2.24) is 10.2 Å². The second-order valence-corrected chi connectivity index (χ2v) is 9.65. The Morgan fingerprint density at radius 3 is 2.33 bits per heavy atom. The van der Waals surface area contributed by atoms with Crippen LogP contribution in [0.2, 0.25) is 0 Å². The first-order valence-electron chi connectivity index (χ1n) is 8.72. The lowest BCUT2D eigenvalue weighted by Crippen LogP contribution is -2.49. The zero-order valence-corrected chi connectivity index (χ0v) is 14.0. The summed E-state index contributed by atoms with van der Waals surface area (Å²) in [4.78, 5) is 14.6. The monoisotopic (exact) mass is 308 g/mol. The van der Waals surface area contributed by atoms with Gasteiger partial charge in [-0.15, -0.1) is 11.8 Å². The molecular weight excluding hydrogens is 280 g/mol. The van der Waals surface area contributed by atoms with Gasteiger partial charge < -0.3 is 10.2 Å². The number of nitrogens with zero attached hydrogens (tertiary/aromatic N) is 1.